The molecule has 1 atom stereocenters. The molecule has 2 aromatic rings. The van der Waals surface area contributed by atoms with Gasteiger partial charge in [0.2, 0.25) is 6.10 Å². The molecule has 10 heteroatoms. The van der Waals surface area contributed by atoms with Gasteiger partial charge in [-0.1, -0.05) is 16.8 Å². The van der Waals surface area contributed by atoms with Crippen molar-refractivity contribution in [1.29, 1.82) is 0 Å². The quantitative estimate of drug-likeness (QED) is 0.631. The number of hydrogen-bond donors (Lipinski definition) is 1. The van der Waals surface area contributed by atoms with Gasteiger partial charge in [0, 0.05) is 18.6 Å². The van der Waals surface area contributed by atoms with Crippen molar-refractivity contribution in [3.63, 3.8) is 0 Å². The first-order valence-electron chi connectivity index (χ1n) is 7.09. The third-order valence-electron chi connectivity index (χ3n) is 3.47. The topological polar surface area (TPSA) is 103 Å². The Morgan fingerprint density at radius 2 is 2.28 bits per heavy atom. The number of nitro benzene ring substituents is 1. The first-order chi connectivity index (χ1) is 12.0. The fourth-order valence-corrected chi connectivity index (χ4v) is 3.29. The van der Waals surface area contributed by atoms with E-state index in [2.05, 4.69) is 10.5 Å². The lowest BCUT2D eigenvalue weighted by Crippen LogP contribution is -2.28. The highest BCUT2D eigenvalue weighted by Gasteiger charge is 2.30. The minimum absolute atomic E-state index is 0.159. The molecule has 25 heavy (non-hydrogen) atoms. The molecule has 0 aliphatic carbocycles. The molecule has 1 N–H and O–H groups in total. The molecule has 0 fully saturated rings. The number of nitrogens with one attached hydrogen (secondary N) is 1. The lowest BCUT2D eigenvalue weighted by atomic mass is 10.1. The molecule has 1 aliphatic heterocycles. The number of halogens is 1. The number of non-ortho nitro benzene ring substituents is 1. The Labute approximate surface area is 151 Å². The van der Waals surface area contributed by atoms with Crippen molar-refractivity contribution in [1.82, 2.24) is 0 Å². The van der Waals surface area contributed by atoms with Crippen LogP contribution in [0.15, 0.2) is 35.5 Å². The molecule has 1 aliphatic rings. The second-order valence-corrected chi connectivity index (χ2v) is 6.79. The molecule has 0 spiro atoms. The van der Waals surface area contributed by atoms with Crippen LogP contribution in [-0.4, -0.2) is 29.8 Å². The summed E-state index contributed by atoms with van der Waals surface area (Å²) in [4.78, 5) is 28.7. The molecule has 0 unspecified atom stereocenters. The Morgan fingerprint density at radius 3 is 2.92 bits per heavy atom. The predicted molar refractivity (Wildman–Crippen MR) is 93.6 cm³/mol. The van der Waals surface area contributed by atoms with E-state index in [1.165, 1.54) is 36.6 Å². The highest BCUT2D eigenvalue weighted by atomic mass is 35.5. The van der Waals surface area contributed by atoms with Gasteiger partial charge in [-0.05, 0) is 18.2 Å². The fourth-order valence-electron chi connectivity index (χ4n) is 2.25. The van der Waals surface area contributed by atoms with E-state index in [0.29, 0.717) is 15.8 Å². The zero-order valence-corrected chi connectivity index (χ0v) is 14.5. The Morgan fingerprint density at radius 1 is 1.48 bits per heavy atom. The van der Waals surface area contributed by atoms with Gasteiger partial charge < -0.3 is 14.9 Å². The summed E-state index contributed by atoms with van der Waals surface area (Å²) < 4.78 is 5.73. The second kappa shape index (κ2) is 7.08. The van der Waals surface area contributed by atoms with E-state index in [-0.39, 0.29) is 17.8 Å². The minimum atomic E-state index is -0.833. The maximum absolute atomic E-state index is 12.4. The number of thiophene rings is 1. The van der Waals surface area contributed by atoms with Crippen molar-refractivity contribution in [2.24, 2.45) is 5.16 Å². The monoisotopic (exact) mass is 381 g/mol. The van der Waals surface area contributed by atoms with Crippen LogP contribution in [0.4, 0.5) is 11.4 Å². The number of carbonyl (C=O) groups excluding carboxylic acids is 1. The summed E-state index contributed by atoms with van der Waals surface area (Å²) in [6.45, 7) is 0. The highest BCUT2D eigenvalue weighted by Crippen LogP contribution is 2.30. The van der Waals surface area contributed by atoms with E-state index in [4.69, 9.17) is 21.2 Å². The number of nitro groups is 1. The summed E-state index contributed by atoms with van der Waals surface area (Å²) in [5.41, 5.74) is 0.662. The molecule has 8 nitrogen and oxygen atoms in total. The molecule has 3 rings (SSSR count). The Bertz CT molecular complexity index is 867. The van der Waals surface area contributed by atoms with Crippen LogP contribution in [0.1, 0.15) is 11.3 Å². The first kappa shape index (κ1) is 17.2. The highest BCUT2D eigenvalue weighted by molar-refractivity contribution is 7.18. The van der Waals surface area contributed by atoms with E-state index in [9.17, 15) is 14.9 Å². The number of ether oxygens (including phenoxy) is 1. The van der Waals surface area contributed by atoms with Gasteiger partial charge in [-0.15, -0.1) is 11.3 Å². The molecular weight excluding hydrogens is 370 g/mol. The van der Waals surface area contributed by atoms with Crippen LogP contribution in [0.2, 0.25) is 4.34 Å². The average Bonchev–Trinajstić information content (AvgIpc) is 3.23. The first-order valence-corrected chi connectivity index (χ1v) is 8.29. The van der Waals surface area contributed by atoms with Crippen LogP contribution in [-0.2, 0) is 9.63 Å². The number of hydrogen-bond acceptors (Lipinski definition) is 7. The lowest BCUT2D eigenvalue weighted by molar-refractivity contribution is -0.384. The van der Waals surface area contributed by atoms with Crippen molar-refractivity contribution < 1.29 is 19.3 Å². The lowest BCUT2D eigenvalue weighted by Gasteiger charge is -2.12. The molecule has 0 saturated heterocycles. The predicted octanol–water partition coefficient (Wildman–Crippen LogP) is 3.45. The molecule has 0 radical (unpaired) electrons. The van der Waals surface area contributed by atoms with Gasteiger partial charge in [0.1, 0.15) is 11.5 Å². The van der Waals surface area contributed by atoms with E-state index in [0.717, 1.165) is 4.88 Å². The summed E-state index contributed by atoms with van der Waals surface area (Å²) in [7, 11) is 1.41. The van der Waals surface area contributed by atoms with Crippen LogP contribution in [0, 0.1) is 10.1 Å². The van der Waals surface area contributed by atoms with Crippen molar-refractivity contribution in [2.45, 2.75) is 12.5 Å². The number of methoxy groups -OCH3 is 1. The standard InChI is InChI=1S/C15H12ClN3O5S/c1-23-11-3-2-8(19(21)22)6-9(11)17-15(20)12-7-10(18-24-12)13-4-5-14(16)25-13/h2-6,12H,7H2,1H3,(H,17,20)/t12-/m1/s1. The number of benzene rings is 1. The Hall–Kier alpha value is -2.65. The molecule has 1 amide bonds. The number of anilines is 1. The maximum atomic E-state index is 12.4. The third-order valence-corrected chi connectivity index (χ3v) is 4.75. The third kappa shape index (κ3) is 3.72. The molecule has 2 heterocycles. The van der Waals surface area contributed by atoms with Crippen molar-refractivity contribution >= 4 is 45.9 Å². The normalized spacial score (nSPS) is 16.1. The molecule has 1 aromatic carbocycles. The Balaban J connectivity index is 1.71. The number of oxime groups is 1. The van der Waals surface area contributed by atoms with Gasteiger partial charge in [-0.3, -0.25) is 14.9 Å². The number of amides is 1. The second-order valence-electron chi connectivity index (χ2n) is 5.07. The smallest absolute Gasteiger partial charge is 0.271 e. The average molecular weight is 382 g/mol. The largest absolute Gasteiger partial charge is 0.495 e. The summed E-state index contributed by atoms with van der Waals surface area (Å²) in [5, 5.41) is 17.4. The van der Waals surface area contributed by atoms with Crippen LogP contribution in [0.25, 0.3) is 0 Å². The minimum Gasteiger partial charge on any atom is -0.495 e. The van der Waals surface area contributed by atoms with Gasteiger partial charge in [0.25, 0.3) is 11.6 Å². The maximum Gasteiger partial charge on any atom is 0.271 e. The van der Waals surface area contributed by atoms with E-state index < -0.39 is 16.9 Å². The number of nitrogens with zero attached hydrogens (tertiary/aromatic N) is 2. The Kier molecular flexibility index (Phi) is 4.86. The summed E-state index contributed by atoms with van der Waals surface area (Å²) in [6, 6.07) is 7.48. The fraction of sp³-hybridized carbons (Fsp3) is 0.200. The molecule has 0 saturated carbocycles. The zero-order chi connectivity index (χ0) is 18.0. The van der Waals surface area contributed by atoms with Gasteiger partial charge >= 0.3 is 0 Å². The number of carbonyl (C=O) groups is 1. The SMILES string of the molecule is COc1ccc([N+](=O)[O-])cc1NC(=O)[C@H]1CC(c2ccc(Cl)s2)=NO1. The van der Waals surface area contributed by atoms with Gasteiger partial charge in [-0.25, -0.2) is 0 Å². The van der Waals surface area contributed by atoms with Crippen LogP contribution in [0.3, 0.4) is 0 Å². The molecule has 0 bridgehead atoms. The zero-order valence-electron chi connectivity index (χ0n) is 12.9. The molecule has 1 aromatic heterocycles. The van der Waals surface area contributed by atoms with E-state index >= 15 is 0 Å². The van der Waals surface area contributed by atoms with Gasteiger partial charge in [-0.2, -0.15) is 0 Å². The molecular formula is C15H12ClN3O5S. The van der Waals surface area contributed by atoms with Gasteiger partial charge in [0.05, 0.1) is 26.9 Å². The van der Waals surface area contributed by atoms with Crippen molar-refractivity contribution in [3.8, 4) is 5.75 Å². The molecule has 130 valence electrons. The van der Waals surface area contributed by atoms with E-state index in [1.54, 1.807) is 12.1 Å². The van der Waals surface area contributed by atoms with Crippen molar-refractivity contribution in [2.75, 3.05) is 12.4 Å². The van der Waals surface area contributed by atoms with Crippen LogP contribution < -0.4 is 10.1 Å². The van der Waals surface area contributed by atoms with Crippen LogP contribution >= 0.6 is 22.9 Å². The van der Waals surface area contributed by atoms with E-state index in [1.807, 2.05) is 0 Å². The summed E-state index contributed by atoms with van der Waals surface area (Å²) in [6.07, 6.45) is -0.556. The van der Waals surface area contributed by atoms with Crippen molar-refractivity contribution in [3.05, 3.63) is 49.7 Å². The van der Waals surface area contributed by atoms with Gasteiger partial charge in [0.15, 0.2) is 0 Å². The summed E-state index contributed by atoms with van der Waals surface area (Å²) >= 11 is 7.24. The number of rotatable bonds is 5. The summed E-state index contributed by atoms with van der Waals surface area (Å²) in [5.74, 6) is -0.164. The van der Waals surface area contributed by atoms with Crippen LogP contribution in [0.5, 0.6) is 5.75 Å².